The van der Waals surface area contributed by atoms with E-state index in [1.54, 1.807) is 0 Å². The van der Waals surface area contributed by atoms with Gasteiger partial charge in [0.15, 0.2) is 0 Å². The molecule has 1 rings (SSSR count). The molecule has 13 heavy (non-hydrogen) atoms. The number of aliphatic imine (C=N–C) groups is 1. The first-order valence-electron chi connectivity index (χ1n) is 5.24. The van der Waals surface area contributed by atoms with Gasteiger partial charge in [0, 0.05) is 32.7 Å². The average molecular weight is 183 g/mol. The number of nitrogens with zero attached hydrogens (tertiary/aromatic N) is 3. The molecular formula is C10H21N3. The molecule has 0 atom stereocenters. The lowest BCUT2D eigenvalue weighted by Crippen LogP contribution is -2.47. The molecule has 1 aliphatic heterocycles. The van der Waals surface area contributed by atoms with Crippen LogP contribution in [0.5, 0.6) is 0 Å². The summed E-state index contributed by atoms with van der Waals surface area (Å²) in [6.07, 6.45) is 1.27. The summed E-state index contributed by atoms with van der Waals surface area (Å²) in [4.78, 5) is 8.89. The molecule has 3 nitrogen and oxygen atoms in total. The summed E-state index contributed by atoms with van der Waals surface area (Å²) >= 11 is 0. The Kier molecular flexibility index (Phi) is 5.01. The van der Waals surface area contributed by atoms with E-state index < -0.39 is 0 Å². The maximum Gasteiger partial charge on any atom is 0.0509 e. The van der Waals surface area contributed by atoms with E-state index in [-0.39, 0.29) is 0 Å². The van der Waals surface area contributed by atoms with Crippen LogP contribution in [0.2, 0.25) is 0 Å². The Bertz CT molecular complexity index is 139. The van der Waals surface area contributed by atoms with E-state index in [1.807, 2.05) is 0 Å². The van der Waals surface area contributed by atoms with Crippen molar-refractivity contribution in [2.24, 2.45) is 4.99 Å². The minimum Gasteiger partial charge on any atom is -0.301 e. The summed E-state index contributed by atoms with van der Waals surface area (Å²) in [5.74, 6) is 0. The quantitative estimate of drug-likeness (QED) is 0.585. The third kappa shape index (κ3) is 3.87. The van der Waals surface area contributed by atoms with Gasteiger partial charge >= 0.3 is 0 Å². The fourth-order valence-electron chi connectivity index (χ4n) is 1.76. The van der Waals surface area contributed by atoms with Crippen molar-refractivity contribution in [2.75, 3.05) is 45.8 Å². The van der Waals surface area contributed by atoms with Gasteiger partial charge in [0.2, 0.25) is 0 Å². The monoisotopic (exact) mass is 183 g/mol. The number of hydrogen-bond donors (Lipinski definition) is 0. The normalized spacial score (nSPS) is 20.4. The third-order valence-electron chi connectivity index (χ3n) is 2.58. The second kappa shape index (κ2) is 6.11. The Balaban J connectivity index is 2.11. The summed E-state index contributed by atoms with van der Waals surface area (Å²) in [7, 11) is 0. The fourth-order valence-corrected chi connectivity index (χ4v) is 1.76. The highest BCUT2D eigenvalue weighted by molar-refractivity contribution is 5.23. The lowest BCUT2D eigenvalue weighted by molar-refractivity contribution is 0.135. The van der Waals surface area contributed by atoms with Gasteiger partial charge in [-0.2, -0.15) is 0 Å². The van der Waals surface area contributed by atoms with E-state index in [0.29, 0.717) is 0 Å². The van der Waals surface area contributed by atoms with Crippen LogP contribution in [0, 0.1) is 0 Å². The Morgan fingerprint density at radius 1 is 1.08 bits per heavy atom. The van der Waals surface area contributed by atoms with E-state index in [4.69, 9.17) is 0 Å². The number of rotatable bonds is 5. The van der Waals surface area contributed by atoms with Gasteiger partial charge in [0.05, 0.1) is 6.54 Å². The van der Waals surface area contributed by atoms with Crippen LogP contribution in [0.3, 0.4) is 0 Å². The van der Waals surface area contributed by atoms with Crippen molar-refractivity contribution in [3.63, 3.8) is 0 Å². The van der Waals surface area contributed by atoms with Crippen molar-refractivity contribution in [1.82, 2.24) is 9.80 Å². The summed E-state index contributed by atoms with van der Waals surface area (Å²) in [5, 5.41) is 0. The lowest BCUT2D eigenvalue weighted by Gasteiger charge is -2.34. The average Bonchev–Trinajstić information content (AvgIpc) is 2.17. The van der Waals surface area contributed by atoms with E-state index in [2.05, 4.69) is 28.4 Å². The van der Waals surface area contributed by atoms with Crippen LogP contribution in [0.15, 0.2) is 4.99 Å². The van der Waals surface area contributed by atoms with Crippen LogP contribution in [0.25, 0.3) is 0 Å². The molecule has 1 fully saturated rings. The topological polar surface area (TPSA) is 18.8 Å². The zero-order chi connectivity index (χ0) is 9.52. The molecule has 0 aromatic heterocycles. The van der Waals surface area contributed by atoms with Crippen LogP contribution < -0.4 is 0 Å². The SMILES string of the molecule is C=NCCN1CCN(CCC)CC1. The Labute approximate surface area is 81.4 Å². The molecule has 0 aromatic rings. The summed E-state index contributed by atoms with van der Waals surface area (Å²) in [5.41, 5.74) is 0. The van der Waals surface area contributed by atoms with Gasteiger partial charge in [-0.1, -0.05) is 6.92 Å². The molecule has 3 heteroatoms. The third-order valence-corrected chi connectivity index (χ3v) is 2.58. The molecule has 0 amide bonds. The van der Waals surface area contributed by atoms with Gasteiger partial charge in [-0.25, -0.2) is 0 Å². The van der Waals surface area contributed by atoms with Crippen molar-refractivity contribution < 1.29 is 0 Å². The fraction of sp³-hybridized carbons (Fsp3) is 0.900. The second-order valence-corrected chi connectivity index (χ2v) is 3.63. The summed E-state index contributed by atoms with van der Waals surface area (Å²) in [6.45, 7) is 13.8. The maximum atomic E-state index is 3.88. The summed E-state index contributed by atoms with van der Waals surface area (Å²) in [6, 6.07) is 0. The van der Waals surface area contributed by atoms with Gasteiger partial charge in [-0.15, -0.1) is 0 Å². The van der Waals surface area contributed by atoms with Crippen molar-refractivity contribution in [2.45, 2.75) is 13.3 Å². The van der Waals surface area contributed by atoms with Crippen LogP contribution in [-0.2, 0) is 0 Å². The lowest BCUT2D eigenvalue weighted by atomic mass is 10.3. The Morgan fingerprint density at radius 2 is 1.62 bits per heavy atom. The van der Waals surface area contributed by atoms with Crippen molar-refractivity contribution in [3.05, 3.63) is 0 Å². The largest absolute Gasteiger partial charge is 0.301 e. The molecule has 0 aliphatic carbocycles. The van der Waals surface area contributed by atoms with Crippen LogP contribution in [0.4, 0.5) is 0 Å². The minimum absolute atomic E-state index is 0.883. The van der Waals surface area contributed by atoms with E-state index in [1.165, 1.54) is 39.1 Å². The van der Waals surface area contributed by atoms with Gasteiger partial charge in [0.25, 0.3) is 0 Å². The molecule has 0 radical (unpaired) electrons. The molecule has 1 aliphatic rings. The summed E-state index contributed by atoms with van der Waals surface area (Å²) < 4.78 is 0. The highest BCUT2D eigenvalue weighted by Crippen LogP contribution is 2.01. The Morgan fingerprint density at radius 3 is 2.08 bits per heavy atom. The van der Waals surface area contributed by atoms with Gasteiger partial charge < -0.3 is 4.90 Å². The van der Waals surface area contributed by atoms with E-state index >= 15 is 0 Å². The first kappa shape index (κ1) is 10.7. The molecule has 0 saturated carbocycles. The van der Waals surface area contributed by atoms with E-state index in [0.717, 1.165) is 13.1 Å². The van der Waals surface area contributed by atoms with Gasteiger partial charge in [-0.05, 0) is 19.7 Å². The first-order chi connectivity index (χ1) is 6.36. The van der Waals surface area contributed by atoms with Crippen LogP contribution in [0.1, 0.15) is 13.3 Å². The van der Waals surface area contributed by atoms with Crippen LogP contribution >= 0.6 is 0 Å². The van der Waals surface area contributed by atoms with Gasteiger partial charge in [-0.3, -0.25) is 9.89 Å². The molecule has 0 aromatic carbocycles. The predicted octanol–water partition coefficient (Wildman–Crippen LogP) is 0.715. The minimum atomic E-state index is 0.883. The standard InChI is InChI=1S/C10H21N3/c1-3-5-12-7-9-13(10-8-12)6-4-11-2/h2-10H2,1H3. The van der Waals surface area contributed by atoms with Gasteiger partial charge in [0.1, 0.15) is 0 Å². The number of piperazine rings is 1. The molecule has 0 bridgehead atoms. The highest BCUT2D eigenvalue weighted by atomic mass is 15.3. The molecule has 1 saturated heterocycles. The van der Waals surface area contributed by atoms with Crippen molar-refractivity contribution in [1.29, 1.82) is 0 Å². The van der Waals surface area contributed by atoms with Crippen molar-refractivity contribution in [3.8, 4) is 0 Å². The molecular weight excluding hydrogens is 162 g/mol. The molecule has 0 unspecified atom stereocenters. The molecule has 76 valence electrons. The van der Waals surface area contributed by atoms with E-state index in [9.17, 15) is 0 Å². The molecule has 1 heterocycles. The predicted molar refractivity (Wildman–Crippen MR) is 57.6 cm³/mol. The van der Waals surface area contributed by atoms with Crippen molar-refractivity contribution >= 4 is 6.72 Å². The zero-order valence-corrected chi connectivity index (χ0v) is 8.71. The Hall–Kier alpha value is -0.410. The van der Waals surface area contributed by atoms with Crippen LogP contribution in [-0.4, -0.2) is 62.3 Å². The number of hydrogen-bond acceptors (Lipinski definition) is 3. The second-order valence-electron chi connectivity index (χ2n) is 3.63. The zero-order valence-electron chi connectivity index (χ0n) is 8.71. The maximum absolute atomic E-state index is 3.88. The molecule has 0 spiro atoms. The molecule has 0 N–H and O–H groups in total. The smallest absolute Gasteiger partial charge is 0.0509 e. The highest BCUT2D eigenvalue weighted by Gasteiger charge is 2.14. The first-order valence-corrected chi connectivity index (χ1v) is 5.24.